The second-order valence-corrected chi connectivity index (χ2v) is 7.40. The van der Waals surface area contributed by atoms with Gasteiger partial charge in [-0.1, -0.05) is 5.16 Å². The highest BCUT2D eigenvalue weighted by Gasteiger charge is 2.38. The number of halogens is 1. The van der Waals surface area contributed by atoms with Gasteiger partial charge in [-0.25, -0.2) is 4.39 Å². The number of carbonyl (C=O) groups is 1. The van der Waals surface area contributed by atoms with E-state index in [1.54, 1.807) is 17.0 Å². The van der Waals surface area contributed by atoms with Gasteiger partial charge in [0.15, 0.2) is 11.5 Å². The highest BCUT2D eigenvalue weighted by molar-refractivity contribution is 5.93. The third kappa shape index (κ3) is 4.32. The number of hydrogen-bond acceptors (Lipinski definition) is 7. The molecule has 2 aliphatic rings. The van der Waals surface area contributed by atoms with E-state index in [9.17, 15) is 19.4 Å². The van der Waals surface area contributed by atoms with E-state index in [4.69, 9.17) is 9.26 Å². The Balaban J connectivity index is 1.52. The van der Waals surface area contributed by atoms with Crippen LogP contribution in [0.3, 0.4) is 0 Å². The Labute approximate surface area is 167 Å². The molecular formula is C20H24FN3O5. The first-order chi connectivity index (χ1) is 14.0. The minimum absolute atomic E-state index is 0.135. The molecule has 1 aromatic carbocycles. The molecule has 0 unspecified atom stereocenters. The molecule has 1 amide bonds. The first-order valence-corrected chi connectivity index (χ1v) is 9.73. The number of nitrogens with zero attached hydrogens (tertiary/aromatic N) is 3. The molecule has 3 atom stereocenters. The molecule has 0 radical (unpaired) electrons. The van der Waals surface area contributed by atoms with E-state index in [0.29, 0.717) is 44.2 Å². The van der Waals surface area contributed by atoms with Crippen LogP contribution in [0.2, 0.25) is 0 Å². The number of likely N-dealkylation sites (tertiary alicyclic amines) is 1. The summed E-state index contributed by atoms with van der Waals surface area (Å²) in [5, 5.41) is 24.8. The van der Waals surface area contributed by atoms with Gasteiger partial charge in [-0.05, 0) is 30.7 Å². The number of aliphatic hydroxyl groups is 2. The number of amides is 1. The van der Waals surface area contributed by atoms with Crippen LogP contribution in [-0.2, 0) is 4.74 Å². The van der Waals surface area contributed by atoms with E-state index in [1.165, 1.54) is 18.2 Å². The Morgan fingerprint density at radius 2 is 1.86 bits per heavy atom. The lowest BCUT2D eigenvalue weighted by atomic mass is 10.0. The Morgan fingerprint density at radius 3 is 2.59 bits per heavy atom. The molecule has 0 saturated carbocycles. The van der Waals surface area contributed by atoms with Crippen LogP contribution < -0.4 is 0 Å². The summed E-state index contributed by atoms with van der Waals surface area (Å²) in [5.74, 6) is -0.324. The number of aromatic nitrogens is 1. The van der Waals surface area contributed by atoms with Gasteiger partial charge in [0, 0.05) is 37.8 Å². The minimum Gasteiger partial charge on any atom is -0.390 e. The van der Waals surface area contributed by atoms with Crippen LogP contribution >= 0.6 is 0 Å². The molecule has 4 rings (SSSR count). The van der Waals surface area contributed by atoms with Gasteiger partial charge in [0.25, 0.3) is 5.91 Å². The molecule has 0 bridgehead atoms. The van der Waals surface area contributed by atoms with Gasteiger partial charge in [-0.15, -0.1) is 0 Å². The molecule has 3 heterocycles. The van der Waals surface area contributed by atoms with Gasteiger partial charge in [0.2, 0.25) is 0 Å². The van der Waals surface area contributed by atoms with Crippen molar-refractivity contribution >= 4 is 5.91 Å². The standard InChI is InChI=1S/C20H24FN3O5/c21-14-3-1-13(2-4-14)18-11-15(22-29-18)20(27)24-6-5-17(25)19(26)16(12-24)23-7-9-28-10-8-23/h1-4,11,16-17,19,25-26H,5-10,12H2/t16-,17-,19+/m1/s1. The number of ether oxygens (including phenoxy) is 1. The molecule has 9 heteroatoms. The zero-order chi connectivity index (χ0) is 20.4. The van der Waals surface area contributed by atoms with Gasteiger partial charge in [0.05, 0.1) is 31.5 Å². The number of aliphatic hydroxyl groups excluding tert-OH is 2. The molecule has 0 aliphatic carbocycles. The summed E-state index contributed by atoms with van der Waals surface area (Å²) in [4.78, 5) is 16.7. The summed E-state index contributed by atoms with van der Waals surface area (Å²) in [5.41, 5.74) is 0.752. The molecule has 156 valence electrons. The summed E-state index contributed by atoms with van der Waals surface area (Å²) < 4.78 is 23.8. The maximum Gasteiger partial charge on any atom is 0.276 e. The maximum atomic E-state index is 13.1. The quantitative estimate of drug-likeness (QED) is 0.777. The number of carbonyl (C=O) groups excluding carboxylic acids is 1. The second-order valence-electron chi connectivity index (χ2n) is 7.40. The van der Waals surface area contributed by atoms with E-state index in [2.05, 4.69) is 10.1 Å². The summed E-state index contributed by atoms with van der Waals surface area (Å²) in [6, 6.07) is 6.86. The average molecular weight is 405 g/mol. The molecular weight excluding hydrogens is 381 g/mol. The Morgan fingerprint density at radius 1 is 1.14 bits per heavy atom. The van der Waals surface area contributed by atoms with Gasteiger partial charge in [0.1, 0.15) is 5.82 Å². The molecule has 0 spiro atoms. The predicted molar refractivity (Wildman–Crippen MR) is 101 cm³/mol. The van der Waals surface area contributed by atoms with Crippen LogP contribution in [0.1, 0.15) is 16.9 Å². The summed E-state index contributed by atoms with van der Waals surface area (Å²) in [6.45, 7) is 2.95. The highest BCUT2D eigenvalue weighted by Crippen LogP contribution is 2.23. The van der Waals surface area contributed by atoms with Crippen molar-refractivity contribution in [2.75, 3.05) is 39.4 Å². The fraction of sp³-hybridized carbons (Fsp3) is 0.500. The largest absolute Gasteiger partial charge is 0.390 e. The van der Waals surface area contributed by atoms with Crippen LogP contribution in [0.5, 0.6) is 0 Å². The molecule has 1 aromatic heterocycles. The topological polar surface area (TPSA) is 99.3 Å². The lowest BCUT2D eigenvalue weighted by molar-refractivity contribution is -0.0609. The Hall–Kier alpha value is -2.33. The Kier molecular flexibility index (Phi) is 5.91. The number of rotatable bonds is 3. The molecule has 2 fully saturated rings. The normalized spacial score (nSPS) is 26.3. The minimum atomic E-state index is -0.946. The van der Waals surface area contributed by atoms with Crippen molar-refractivity contribution in [2.24, 2.45) is 0 Å². The number of benzene rings is 1. The summed E-state index contributed by atoms with van der Waals surface area (Å²) >= 11 is 0. The van der Waals surface area contributed by atoms with Crippen molar-refractivity contribution in [1.82, 2.24) is 15.0 Å². The van der Waals surface area contributed by atoms with Crippen LogP contribution in [0, 0.1) is 5.82 Å². The SMILES string of the molecule is O=C(c1cc(-c2ccc(F)cc2)on1)N1CC[C@@H](O)[C@@H](O)[C@H](N2CCOCC2)C1. The van der Waals surface area contributed by atoms with Crippen molar-refractivity contribution in [3.8, 4) is 11.3 Å². The molecule has 8 nitrogen and oxygen atoms in total. The van der Waals surface area contributed by atoms with E-state index in [1.807, 2.05) is 0 Å². The first kappa shape index (κ1) is 20.0. The van der Waals surface area contributed by atoms with Crippen molar-refractivity contribution in [3.05, 3.63) is 41.8 Å². The predicted octanol–water partition coefficient (Wildman–Crippen LogP) is 0.749. The average Bonchev–Trinajstić information content (AvgIpc) is 3.18. The zero-order valence-corrected chi connectivity index (χ0v) is 15.9. The zero-order valence-electron chi connectivity index (χ0n) is 15.9. The molecule has 2 N–H and O–H groups in total. The smallest absolute Gasteiger partial charge is 0.276 e. The highest BCUT2D eigenvalue weighted by atomic mass is 19.1. The fourth-order valence-electron chi connectivity index (χ4n) is 3.85. The number of hydrogen-bond donors (Lipinski definition) is 2. The van der Waals surface area contributed by atoms with E-state index in [-0.39, 0.29) is 36.4 Å². The van der Waals surface area contributed by atoms with Gasteiger partial charge in [-0.3, -0.25) is 9.69 Å². The Bertz CT molecular complexity index is 837. The van der Waals surface area contributed by atoms with Gasteiger partial charge in [-0.2, -0.15) is 0 Å². The van der Waals surface area contributed by atoms with E-state index >= 15 is 0 Å². The van der Waals surface area contributed by atoms with Crippen LogP contribution in [0.25, 0.3) is 11.3 Å². The maximum absolute atomic E-state index is 13.1. The molecule has 2 aromatic rings. The van der Waals surface area contributed by atoms with Crippen molar-refractivity contribution in [3.63, 3.8) is 0 Å². The second kappa shape index (κ2) is 8.58. The third-order valence-corrected chi connectivity index (χ3v) is 5.55. The van der Waals surface area contributed by atoms with Gasteiger partial charge >= 0.3 is 0 Å². The molecule has 2 aliphatic heterocycles. The van der Waals surface area contributed by atoms with Crippen molar-refractivity contribution in [2.45, 2.75) is 24.7 Å². The first-order valence-electron chi connectivity index (χ1n) is 9.73. The summed E-state index contributed by atoms with van der Waals surface area (Å²) in [6.07, 6.45) is -1.58. The lowest BCUT2D eigenvalue weighted by Crippen LogP contribution is -2.55. The summed E-state index contributed by atoms with van der Waals surface area (Å²) in [7, 11) is 0. The van der Waals surface area contributed by atoms with E-state index in [0.717, 1.165) is 0 Å². The molecule has 2 saturated heterocycles. The fourth-order valence-corrected chi connectivity index (χ4v) is 3.85. The monoisotopic (exact) mass is 405 g/mol. The van der Waals surface area contributed by atoms with Crippen LogP contribution in [-0.4, -0.2) is 88.7 Å². The van der Waals surface area contributed by atoms with E-state index < -0.39 is 12.2 Å². The van der Waals surface area contributed by atoms with Crippen LogP contribution in [0.15, 0.2) is 34.9 Å². The molecule has 29 heavy (non-hydrogen) atoms. The van der Waals surface area contributed by atoms with Gasteiger partial charge < -0.3 is 24.4 Å². The van der Waals surface area contributed by atoms with Crippen molar-refractivity contribution < 1.29 is 28.7 Å². The number of morpholine rings is 1. The lowest BCUT2D eigenvalue weighted by Gasteiger charge is -2.38. The third-order valence-electron chi connectivity index (χ3n) is 5.55. The van der Waals surface area contributed by atoms with Crippen molar-refractivity contribution in [1.29, 1.82) is 0 Å². The van der Waals surface area contributed by atoms with Crippen LogP contribution in [0.4, 0.5) is 4.39 Å².